The van der Waals surface area contributed by atoms with Gasteiger partial charge in [-0.3, -0.25) is 9.69 Å². The molecule has 0 unspecified atom stereocenters. The quantitative estimate of drug-likeness (QED) is 0.489. The van der Waals surface area contributed by atoms with Gasteiger partial charge >= 0.3 is 5.97 Å². The fraction of sp³-hybridized carbons (Fsp3) is 0.227. The number of esters is 1. The van der Waals surface area contributed by atoms with Gasteiger partial charge in [0.05, 0.1) is 34.4 Å². The van der Waals surface area contributed by atoms with E-state index in [9.17, 15) is 14.7 Å². The van der Waals surface area contributed by atoms with Crippen LogP contribution in [0.2, 0.25) is 5.02 Å². The van der Waals surface area contributed by atoms with Gasteiger partial charge in [-0.15, -0.1) is 0 Å². The normalized spacial score (nSPS) is 16.3. The average Bonchev–Trinajstić information content (AvgIpc) is 3.00. The second kappa shape index (κ2) is 9.89. The molecule has 9 heteroatoms. The van der Waals surface area contributed by atoms with Gasteiger partial charge in [-0.25, -0.2) is 9.79 Å². The number of rotatable bonds is 6. The minimum absolute atomic E-state index is 0.136. The van der Waals surface area contributed by atoms with Crippen LogP contribution in [0.15, 0.2) is 46.3 Å². The maximum absolute atomic E-state index is 12.7. The van der Waals surface area contributed by atoms with E-state index in [0.29, 0.717) is 40.1 Å². The van der Waals surface area contributed by atoms with E-state index >= 15 is 0 Å². The number of benzene rings is 2. The van der Waals surface area contributed by atoms with E-state index in [1.165, 1.54) is 16.7 Å². The average molecular weight is 461 g/mol. The van der Waals surface area contributed by atoms with Gasteiger partial charge in [0, 0.05) is 7.05 Å². The highest BCUT2D eigenvalue weighted by atomic mass is 35.5. The van der Waals surface area contributed by atoms with Crippen LogP contribution >= 0.6 is 23.4 Å². The summed E-state index contributed by atoms with van der Waals surface area (Å²) in [6, 6.07) is 9.81. The molecule has 162 valence electrons. The molecule has 1 aliphatic rings. The highest BCUT2D eigenvalue weighted by Crippen LogP contribution is 2.38. The Morgan fingerprint density at radius 2 is 1.94 bits per heavy atom. The van der Waals surface area contributed by atoms with Crippen molar-refractivity contribution in [1.82, 2.24) is 4.90 Å². The maximum atomic E-state index is 12.7. The molecule has 0 aliphatic carbocycles. The molecule has 1 fully saturated rings. The molecule has 1 amide bonds. The Kier molecular flexibility index (Phi) is 7.25. The Morgan fingerprint density at radius 1 is 1.23 bits per heavy atom. The van der Waals surface area contributed by atoms with Crippen LogP contribution in [-0.2, 0) is 9.53 Å². The van der Waals surface area contributed by atoms with Gasteiger partial charge < -0.3 is 14.6 Å². The molecule has 0 bridgehead atoms. The lowest BCUT2D eigenvalue weighted by Gasteiger charge is -2.08. The molecule has 2 aromatic carbocycles. The lowest BCUT2D eigenvalue weighted by atomic mass is 10.2. The number of nitrogens with zero attached hydrogens (tertiary/aromatic N) is 2. The number of likely N-dealkylation sites (N-methyl/N-ethyl adjacent to an activating group) is 1. The molecule has 31 heavy (non-hydrogen) atoms. The van der Waals surface area contributed by atoms with Crippen LogP contribution in [0, 0.1) is 0 Å². The van der Waals surface area contributed by atoms with Crippen molar-refractivity contribution in [3.63, 3.8) is 0 Å². The molecule has 1 aliphatic heterocycles. The standard InChI is InChI=1S/C22H21ClN2O5S/c1-4-29-17-11-13(10-16(23)19(17)26)12-18-20(27)25(3)22(31-18)24-15-8-6-14(7-9-15)21(28)30-5-2/h6-12,26H,4-5H2,1-3H3/b18-12-,24-22?. The molecular formula is C22H21ClN2O5S. The Labute approximate surface area is 189 Å². The van der Waals surface area contributed by atoms with Crippen LogP contribution in [0.4, 0.5) is 5.69 Å². The Balaban J connectivity index is 1.84. The van der Waals surface area contributed by atoms with E-state index in [1.807, 2.05) is 0 Å². The number of halogens is 1. The monoisotopic (exact) mass is 460 g/mol. The van der Waals surface area contributed by atoms with Crippen molar-refractivity contribution in [3.8, 4) is 11.5 Å². The fourth-order valence-corrected chi connectivity index (χ4v) is 3.95. The highest BCUT2D eigenvalue weighted by Gasteiger charge is 2.30. The topological polar surface area (TPSA) is 88.4 Å². The van der Waals surface area contributed by atoms with Gasteiger partial charge in [-0.05, 0) is 73.6 Å². The molecule has 0 aromatic heterocycles. The summed E-state index contributed by atoms with van der Waals surface area (Å²) in [4.78, 5) is 30.8. The van der Waals surface area contributed by atoms with Gasteiger partial charge in [0.2, 0.25) is 0 Å². The van der Waals surface area contributed by atoms with Crippen LogP contribution in [0.1, 0.15) is 29.8 Å². The Morgan fingerprint density at radius 3 is 2.58 bits per heavy atom. The Hall–Kier alpha value is -2.97. The maximum Gasteiger partial charge on any atom is 0.338 e. The number of hydrogen-bond donors (Lipinski definition) is 1. The molecule has 2 aromatic rings. The molecule has 1 heterocycles. The predicted octanol–water partition coefficient (Wildman–Crippen LogP) is 4.85. The van der Waals surface area contributed by atoms with Crippen molar-refractivity contribution >= 4 is 52.2 Å². The largest absolute Gasteiger partial charge is 0.503 e. The minimum Gasteiger partial charge on any atom is -0.503 e. The summed E-state index contributed by atoms with van der Waals surface area (Å²) in [7, 11) is 1.64. The van der Waals surface area contributed by atoms with E-state index in [-0.39, 0.29) is 22.4 Å². The summed E-state index contributed by atoms with van der Waals surface area (Å²) in [5.41, 5.74) is 1.66. The zero-order valence-electron chi connectivity index (χ0n) is 17.2. The molecule has 1 saturated heterocycles. The molecule has 1 N–H and O–H groups in total. The van der Waals surface area contributed by atoms with Crippen molar-refractivity contribution in [3.05, 3.63) is 57.5 Å². The number of carbonyl (C=O) groups is 2. The first-order valence-electron chi connectivity index (χ1n) is 9.52. The third-order valence-electron chi connectivity index (χ3n) is 4.26. The fourth-order valence-electron chi connectivity index (χ4n) is 2.74. The number of amides is 1. The number of amidine groups is 1. The summed E-state index contributed by atoms with van der Waals surface area (Å²) < 4.78 is 10.4. The van der Waals surface area contributed by atoms with Gasteiger partial charge in [-0.1, -0.05) is 11.6 Å². The molecule has 7 nitrogen and oxygen atoms in total. The summed E-state index contributed by atoms with van der Waals surface area (Å²) >= 11 is 7.29. The van der Waals surface area contributed by atoms with E-state index in [2.05, 4.69) is 4.99 Å². The van der Waals surface area contributed by atoms with Gasteiger partial charge in [-0.2, -0.15) is 0 Å². The number of phenolic OH excluding ortho intramolecular Hbond substituents is 1. The zero-order valence-corrected chi connectivity index (χ0v) is 18.8. The van der Waals surface area contributed by atoms with E-state index in [0.717, 1.165) is 0 Å². The second-order valence-corrected chi connectivity index (χ2v) is 7.84. The number of ether oxygens (including phenoxy) is 2. The summed E-state index contributed by atoms with van der Waals surface area (Å²) in [5.74, 6) is -0.495. The van der Waals surface area contributed by atoms with Crippen LogP contribution in [0.5, 0.6) is 11.5 Å². The number of aliphatic imine (C=N–C) groups is 1. The molecule has 3 rings (SSSR count). The Bertz CT molecular complexity index is 1070. The molecule has 0 saturated carbocycles. The lowest BCUT2D eigenvalue weighted by Crippen LogP contribution is -2.23. The summed E-state index contributed by atoms with van der Waals surface area (Å²) in [6.07, 6.45) is 1.67. The number of thioether (sulfide) groups is 1. The SMILES string of the molecule is CCOC(=O)c1ccc(N=C2S/C(=C\c3cc(Cl)c(O)c(OCC)c3)C(=O)N2C)cc1. The lowest BCUT2D eigenvalue weighted by molar-refractivity contribution is -0.121. The van der Waals surface area contributed by atoms with Crippen LogP contribution in [0.25, 0.3) is 6.08 Å². The second-order valence-electron chi connectivity index (χ2n) is 6.42. The third kappa shape index (κ3) is 5.21. The van der Waals surface area contributed by atoms with Crippen molar-refractivity contribution < 1.29 is 24.2 Å². The number of aromatic hydroxyl groups is 1. The predicted molar refractivity (Wildman–Crippen MR) is 122 cm³/mol. The zero-order chi connectivity index (χ0) is 22.5. The van der Waals surface area contributed by atoms with Crippen LogP contribution in [-0.4, -0.2) is 47.3 Å². The van der Waals surface area contributed by atoms with Gasteiger partial charge in [0.15, 0.2) is 16.7 Å². The number of hydrogen-bond acceptors (Lipinski definition) is 7. The van der Waals surface area contributed by atoms with E-state index < -0.39 is 5.97 Å². The smallest absolute Gasteiger partial charge is 0.338 e. The molecule has 0 atom stereocenters. The first-order chi connectivity index (χ1) is 14.8. The van der Waals surface area contributed by atoms with Crippen molar-refractivity contribution in [2.24, 2.45) is 4.99 Å². The molecule has 0 radical (unpaired) electrons. The van der Waals surface area contributed by atoms with Crippen LogP contribution < -0.4 is 4.74 Å². The van der Waals surface area contributed by atoms with Gasteiger partial charge in [0.1, 0.15) is 0 Å². The van der Waals surface area contributed by atoms with E-state index in [1.54, 1.807) is 63.4 Å². The highest BCUT2D eigenvalue weighted by molar-refractivity contribution is 8.18. The first kappa shape index (κ1) is 22.7. The number of phenols is 1. The number of carbonyl (C=O) groups excluding carboxylic acids is 2. The van der Waals surface area contributed by atoms with E-state index in [4.69, 9.17) is 21.1 Å². The van der Waals surface area contributed by atoms with Gasteiger partial charge in [0.25, 0.3) is 5.91 Å². The summed E-state index contributed by atoms with van der Waals surface area (Å²) in [5, 5.41) is 10.6. The van der Waals surface area contributed by atoms with Crippen molar-refractivity contribution in [2.75, 3.05) is 20.3 Å². The first-order valence-corrected chi connectivity index (χ1v) is 10.7. The van der Waals surface area contributed by atoms with Crippen molar-refractivity contribution in [2.45, 2.75) is 13.8 Å². The third-order valence-corrected chi connectivity index (χ3v) is 5.60. The minimum atomic E-state index is -0.395. The van der Waals surface area contributed by atoms with Crippen molar-refractivity contribution in [1.29, 1.82) is 0 Å². The summed E-state index contributed by atoms with van der Waals surface area (Å²) in [6.45, 7) is 4.22. The molecule has 0 spiro atoms. The molecular weight excluding hydrogens is 440 g/mol. The van der Waals surface area contributed by atoms with Crippen LogP contribution in [0.3, 0.4) is 0 Å².